The first-order valence-electron chi connectivity index (χ1n) is 27.5. The van der Waals surface area contributed by atoms with Crippen LogP contribution in [0.3, 0.4) is 0 Å². The van der Waals surface area contributed by atoms with Crippen LogP contribution >= 0.6 is 8.53 Å². The second-order valence-corrected chi connectivity index (χ2v) is 23.5. The Balaban J connectivity index is 1.22. The van der Waals surface area contributed by atoms with E-state index in [0.717, 1.165) is 21.3 Å². The Kier molecular flexibility index (Phi) is 21.8. The number of rotatable bonds is 28. The highest BCUT2D eigenvalue weighted by atomic mass is 31.2. The largest absolute Gasteiger partial charge is 0.497 e. The van der Waals surface area contributed by atoms with Gasteiger partial charge in [0.25, 0.3) is 25.7 Å². The lowest BCUT2D eigenvalue weighted by Gasteiger charge is -2.53. The number of hydrogen-bond donors (Lipinski definition) is 2. The van der Waals surface area contributed by atoms with Crippen molar-refractivity contribution in [1.29, 1.82) is 5.26 Å². The van der Waals surface area contributed by atoms with Gasteiger partial charge in [0.2, 0.25) is 0 Å². The molecule has 7 rings (SSSR count). The first-order valence-corrected chi connectivity index (χ1v) is 28.6. The molecule has 2 saturated heterocycles. The molecule has 2 aliphatic heterocycles. The Morgan fingerprint density at radius 3 is 2.01 bits per heavy atom. The Bertz CT molecular complexity index is 2990. The number of aromatic nitrogens is 2. The average molecular weight is 1150 g/mol. The normalized spacial score (nSPS) is 19.5. The minimum Gasteiger partial charge on any atom is -0.497 e. The SMILES string of the molecule is COc1ccc(C(OCC2OC(n3cc(C(=O)NC4CC(C)(C)N(OCOCc5ccccc5[N+](=O)[O-])C(C)(C)C4)c(=O)[nH]c3=O)C(OC)C2OP(OCCCCC#N)N(C(C)C)C(C)C)(c2ccccc2)c2ccc(OC)cc2)cc1. The lowest BCUT2D eigenvalue weighted by Crippen LogP contribution is -2.64. The Morgan fingerprint density at radius 1 is 0.866 bits per heavy atom. The van der Waals surface area contributed by atoms with E-state index < -0.39 is 77.9 Å². The molecule has 0 saturated carbocycles. The number of methoxy groups -OCH3 is 3. The first kappa shape index (κ1) is 63.2. The molecule has 21 nitrogen and oxygen atoms in total. The van der Waals surface area contributed by atoms with Gasteiger partial charge in [-0.2, -0.15) is 10.3 Å². The number of carbonyl (C=O) groups is 1. The summed E-state index contributed by atoms with van der Waals surface area (Å²) in [5, 5.41) is 25.7. The van der Waals surface area contributed by atoms with Gasteiger partial charge in [0, 0.05) is 55.0 Å². The van der Waals surface area contributed by atoms with Crippen LogP contribution in [-0.2, 0) is 45.0 Å². The molecule has 5 unspecified atom stereocenters. The second-order valence-electron chi connectivity index (χ2n) is 22.1. The molecule has 1 amide bonds. The van der Waals surface area contributed by atoms with Gasteiger partial charge >= 0.3 is 5.69 Å². The third-order valence-corrected chi connectivity index (χ3v) is 16.8. The smallest absolute Gasteiger partial charge is 0.330 e. The molecule has 82 heavy (non-hydrogen) atoms. The highest BCUT2D eigenvalue weighted by Gasteiger charge is 2.52. The summed E-state index contributed by atoms with van der Waals surface area (Å²) in [7, 11) is 2.79. The summed E-state index contributed by atoms with van der Waals surface area (Å²) in [6, 6.07) is 32.9. The van der Waals surface area contributed by atoms with Crippen LogP contribution in [0, 0.1) is 21.4 Å². The van der Waals surface area contributed by atoms with E-state index in [9.17, 15) is 29.8 Å². The van der Waals surface area contributed by atoms with Crippen molar-refractivity contribution in [2.24, 2.45) is 0 Å². The molecule has 0 bridgehead atoms. The van der Waals surface area contributed by atoms with Gasteiger partial charge in [-0.3, -0.25) is 34.1 Å². The molecule has 1 aromatic heterocycles. The minimum absolute atomic E-state index is 0.0416. The molecule has 0 spiro atoms. The standard InChI is InChI=1S/C60H78N7O14P/c1-40(2)65(41(3)4)82(79-33-19-13-18-32-61)81-52-51(38-77-60(43-21-14-12-15-22-43,44-24-28-47(73-9)29-25-44)45-26-30-48(74-10)31-27-45)80-56(53(52)75-11)64-36-49(55(69)63-57(64)70)54(68)62-46-34-58(5,6)67(59(7,8)35-46)78-39-76-37-42-20-16-17-23-50(42)66(71)72/h12,14-17,20-31,36,40-41,46,51-53,56H,13,18-19,33-35,37-39H2,1-11H3,(H,62,68)(H,63,69,70). The van der Waals surface area contributed by atoms with Crippen molar-refractivity contribution in [3.8, 4) is 17.6 Å². The fourth-order valence-electron chi connectivity index (χ4n) is 11.3. The topological polar surface area (TPSA) is 240 Å². The van der Waals surface area contributed by atoms with Crippen LogP contribution in [-0.4, -0.2) is 119 Å². The van der Waals surface area contributed by atoms with Crippen LogP contribution in [0.15, 0.2) is 119 Å². The third kappa shape index (κ3) is 14.7. The fourth-order valence-corrected chi connectivity index (χ4v) is 13.1. The predicted octanol–water partition coefficient (Wildman–Crippen LogP) is 9.68. The summed E-state index contributed by atoms with van der Waals surface area (Å²) in [5.41, 5.74) is -2.13. The predicted molar refractivity (Wildman–Crippen MR) is 308 cm³/mol. The van der Waals surface area contributed by atoms with Gasteiger partial charge in [-0.1, -0.05) is 66.7 Å². The van der Waals surface area contributed by atoms with E-state index in [1.165, 1.54) is 19.4 Å². The number of ether oxygens (including phenoxy) is 6. The Morgan fingerprint density at radius 2 is 1.45 bits per heavy atom. The van der Waals surface area contributed by atoms with Crippen LogP contribution in [0.25, 0.3) is 0 Å². The van der Waals surface area contributed by atoms with Crippen LogP contribution in [0.5, 0.6) is 11.5 Å². The highest BCUT2D eigenvalue weighted by Crippen LogP contribution is 2.51. The summed E-state index contributed by atoms with van der Waals surface area (Å²) in [6.07, 6.45) is -0.795. The number of para-hydroxylation sites is 1. The third-order valence-electron chi connectivity index (χ3n) is 14.7. The average Bonchev–Trinajstić information content (AvgIpc) is 2.78. The second kappa shape index (κ2) is 28.2. The molecule has 0 aliphatic carbocycles. The molecule has 2 N–H and O–H groups in total. The zero-order valence-corrected chi connectivity index (χ0v) is 49.6. The maximum absolute atomic E-state index is 14.5. The zero-order chi connectivity index (χ0) is 59.4. The molecular formula is C60H78N7O14P. The molecule has 22 heteroatoms. The van der Waals surface area contributed by atoms with Crippen molar-refractivity contribution in [2.75, 3.05) is 41.3 Å². The van der Waals surface area contributed by atoms with Gasteiger partial charge in [-0.05, 0) is 128 Å². The van der Waals surface area contributed by atoms with Crippen molar-refractivity contribution < 1.29 is 52.0 Å². The van der Waals surface area contributed by atoms with Gasteiger partial charge in [0.1, 0.15) is 41.0 Å². The van der Waals surface area contributed by atoms with Crippen LogP contribution in [0.1, 0.15) is 126 Å². The van der Waals surface area contributed by atoms with Crippen LogP contribution in [0.2, 0.25) is 0 Å². The summed E-state index contributed by atoms with van der Waals surface area (Å²) in [6.45, 7) is 15.9. The number of amides is 1. The molecule has 2 fully saturated rings. The summed E-state index contributed by atoms with van der Waals surface area (Å²) < 4.78 is 54.8. The number of hydrogen-bond acceptors (Lipinski definition) is 17. The molecule has 4 aromatic carbocycles. The summed E-state index contributed by atoms with van der Waals surface area (Å²) in [5.74, 6) is 0.558. The van der Waals surface area contributed by atoms with E-state index in [2.05, 4.69) is 21.0 Å². The van der Waals surface area contributed by atoms with Crippen molar-refractivity contribution in [1.82, 2.24) is 24.6 Å². The van der Waals surface area contributed by atoms with E-state index in [0.29, 0.717) is 55.8 Å². The first-order chi connectivity index (χ1) is 39.2. The number of carbonyl (C=O) groups excluding carboxylic acids is 1. The molecule has 5 aromatic rings. The lowest BCUT2D eigenvalue weighted by atomic mass is 9.79. The number of nitro groups is 1. The van der Waals surface area contributed by atoms with E-state index >= 15 is 0 Å². The number of benzene rings is 4. The zero-order valence-electron chi connectivity index (χ0n) is 48.7. The van der Waals surface area contributed by atoms with E-state index in [4.69, 9.17) is 42.3 Å². The molecule has 5 atom stereocenters. The number of hydroxylamine groups is 2. The van der Waals surface area contributed by atoms with E-state index in [1.807, 2.05) is 134 Å². The number of H-pyrrole nitrogens is 1. The number of nitro benzene ring substituents is 1. The molecule has 442 valence electrons. The van der Waals surface area contributed by atoms with Gasteiger partial charge < -0.3 is 42.8 Å². The number of nitrogens with zero attached hydrogens (tertiary/aromatic N) is 5. The van der Waals surface area contributed by atoms with Crippen molar-refractivity contribution >= 4 is 20.1 Å². The number of nitrogens with one attached hydrogen (secondary N) is 2. The van der Waals surface area contributed by atoms with Gasteiger partial charge in [-0.15, -0.1) is 0 Å². The Hall–Kier alpha value is -6.41. The van der Waals surface area contributed by atoms with Crippen LogP contribution in [0.4, 0.5) is 5.69 Å². The number of nitriles is 1. The van der Waals surface area contributed by atoms with Gasteiger partial charge in [0.15, 0.2) is 13.0 Å². The summed E-state index contributed by atoms with van der Waals surface area (Å²) >= 11 is 0. The Labute approximate surface area is 480 Å². The van der Waals surface area contributed by atoms with Crippen molar-refractivity contribution in [3.05, 3.63) is 168 Å². The maximum Gasteiger partial charge on any atom is 0.330 e. The summed E-state index contributed by atoms with van der Waals surface area (Å²) in [4.78, 5) is 62.2. The quantitative estimate of drug-likeness (QED) is 0.0118. The number of piperidine rings is 1. The maximum atomic E-state index is 14.5. The molecule has 2 aliphatic rings. The van der Waals surface area contributed by atoms with Gasteiger partial charge in [0.05, 0.1) is 50.6 Å². The van der Waals surface area contributed by atoms with E-state index in [-0.39, 0.29) is 43.3 Å². The molecule has 3 heterocycles. The van der Waals surface area contributed by atoms with E-state index in [1.54, 1.807) is 37.5 Å². The highest BCUT2D eigenvalue weighted by molar-refractivity contribution is 7.44. The van der Waals surface area contributed by atoms with Gasteiger partial charge in [-0.25, -0.2) is 9.46 Å². The van der Waals surface area contributed by atoms with Crippen molar-refractivity contribution in [3.63, 3.8) is 0 Å². The van der Waals surface area contributed by atoms with Crippen molar-refractivity contribution in [2.45, 2.75) is 153 Å². The number of unbranched alkanes of at least 4 members (excludes halogenated alkanes) is 2. The molecular weight excluding hydrogens is 1070 g/mol. The minimum atomic E-state index is -1.88. The fraction of sp³-hybridized carbons (Fsp3) is 0.500. The lowest BCUT2D eigenvalue weighted by molar-refractivity contribution is -0.386. The number of aromatic amines is 1. The van der Waals surface area contributed by atoms with Crippen LogP contribution < -0.4 is 26.0 Å². The molecule has 0 radical (unpaired) electrons. The monoisotopic (exact) mass is 1150 g/mol.